The number of carbonyl (C=O) groups is 1. The SMILES string of the molecule is CCN(C=Nc1c(C(=O)OC)sc2c1c1ccccc1c(=O)n2-c1ccccc1)CC.Cl. The number of pyridine rings is 1. The molecular formula is C24H24ClN3O3S. The average Bonchev–Trinajstić information content (AvgIpc) is 3.19. The zero-order valence-corrected chi connectivity index (χ0v) is 19.7. The molecule has 2 heterocycles. The molecule has 4 rings (SSSR count). The van der Waals surface area contributed by atoms with Crippen LogP contribution < -0.4 is 5.56 Å². The van der Waals surface area contributed by atoms with E-state index in [-0.39, 0.29) is 18.0 Å². The van der Waals surface area contributed by atoms with E-state index >= 15 is 0 Å². The number of hydrogen-bond donors (Lipinski definition) is 0. The van der Waals surface area contributed by atoms with Crippen LogP contribution in [0.2, 0.25) is 0 Å². The maximum Gasteiger partial charge on any atom is 0.350 e. The summed E-state index contributed by atoms with van der Waals surface area (Å²) in [5.41, 5.74) is 1.13. The Kier molecular flexibility index (Phi) is 7.33. The number of para-hydroxylation sites is 1. The van der Waals surface area contributed by atoms with Gasteiger partial charge < -0.3 is 9.64 Å². The molecule has 0 aliphatic heterocycles. The van der Waals surface area contributed by atoms with Crippen LogP contribution in [0.4, 0.5) is 5.69 Å². The van der Waals surface area contributed by atoms with Gasteiger partial charge in [0.15, 0.2) is 0 Å². The number of hydrogen-bond acceptors (Lipinski definition) is 5. The summed E-state index contributed by atoms with van der Waals surface area (Å²) in [6, 6.07) is 16.9. The van der Waals surface area contributed by atoms with Crippen LogP contribution in [0.15, 0.2) is 64.4 Å². The summed E-state index contributed by atoms with van der Waals surface area (Å²) >= 11 is 1.23. The molecule has 0 saturated carbocycles. The number of ether oxygens (including phenoxy) is 1. The predicted octanol–water partition coefficient (Wildman–Crippen LogP) is 5.42. The van der Waals surface area contributed by atoms with Crippen LogP contribution in [-0.2, 0) is 4.74 Å². The van der Waals surface area contributed by atoms with Crippen molar-refractivity contribution in [2.75, 3.05) is 20.2 Å². The summed E-state index contributed by atoms with van der Waals surface area (Å²) in [5, 5.41) is 2.12. The van der Waals surface area contributed by atoms with E-state index in [0.29, 0.717) is 20.8 Å². The van der Waals surface area contributed by atoms with Crippen molar-refractivity contribution in [3.05, 3.63) is 69.8 Å². The molecule has 4 aromatic rings. The molecule has 0 fully saturated rings. The molecule has 0 saturated heterocycles. The summed E-state index contributed by atoms with van der Waals surface area (Å²) in [7, 11) is 1.35. The largest absolute Gasteiger partial charge is 0.465 e. The fourth-order valence-corrected chi connectivity index (χ4v) is 4.80. The highest BCUT2D eigenvalue weighted by molar-refractivity contribution is 7.21. The second kappa shape index (κ2) is 9.97. The lowest BCUT2D eigenvalue weighted by atomic mass is 10.1. The zero-order valence-electron chi connectivity index (χ0n) is 18.1. The number of aromatic nitrogens is 1. The summed E-state index contributed by atoms with van der Waals surface area (Å²) in [4.78, 5) is 33.9. The van der Waals surface area contributed by atoms with Gasteiger partial charge in [-0.1, -0.05) is 36.4 Å². The van der Waals surface area contributed by atoms with Crippen LogP contribution in [-0.4, -0.2) is 42.0 Å². The molecular weight excluding hydrogens is 446 g/mol. The Bertz CT molecular complexity index is 1340. The van der Waals surface area contributed by atoms with Gasteiger partial charge in [-0.2, -0.15) is 0 Å². The Balaban J connectivity index is 0.00000289. The highest BCUT2D eigenvalue weighted by atomic mass is 35.5. The molecule has 0 radical (unpaired) electrons. The van der Waals surface area contributed by atoms with E-state index in [1.54, 1.807) is 10.9 Å². The Hall–Kier alpha value is -3.16. The predicted molar refractivity (Wildman–Crippen MR) is 135 cm³/mol. The molecule has 2 aromatic heterocycles. The monoisotopic (exact) mass is 469 g/mol. The number of thiophene rings is 1. The van der Waals surface area contributed by atoms with Crippen LogP contribution in [0.3, 0.4) is 0 Å². The lowest BCUT2D eigenvalue weighted by Gasteiger charge is -2.14. The molecule has 32 heavy (non-hydrogen) atoms. The van der Waals surface area contributed by atoms with Gasteiger partial charge in [0.05, 0.1) is 19.1 Å². The summed E-state index contributed by atoms with van der Waals surface area (Å²) in [6.07, 6.45) is 1.75. The number of carbonyl (C=O) groups excluding carboxylic acids is 1. The number of esters is 1. The van der Waals surface area contributed by atoms with Crippen LogP contribution >= 0.6 is 23.7 Å². The number of aliphatic imine (C=N–C) groups is 1. The minimum Gasteiger partial charge on any atom is -0.465 e. The van der Waals surface area contributed by atoms with Crippen molar-refractivity contribution in [3.8, 4) is 5.69 Å². The molecule has 166 valence electrons. The molecule has 0 bridgehead atoms. The highest BCUT2D eigenvalue weighted by Crippen LogP contribution is 2.42. The average molecular weight is 470 g/mol. The normalized spacial score (nSPS) is 11.1. The fourth-order valence-electron chi connectivity index (χ4n) is 3.60. The van der Waals surface area contributed by atoms with Gasteiger partial charge in [0.1, 0.15) is 15.4 Å². The molecule has 0 spiro atoms. The maximum absolute atomic E-state index is 13.5. The molecule has 0 aliphatic carbocycles. The number of rotatable bonds is 6. The van der Waals surface area contributed by atoms with E-state index < -0.39 is 5.97 Å². The van der Waals surface area contributed by atoms with E-state index in [1.807, 2.05) is 73.3 Å². The van der Waals surface area contributed by atoms with E-state index in [2.05, 4.69) is 0 Å². The van der Waals surface area contributed by atoms with E-state index in [9.17, 15) is 9.59 Å². The lowest BCUT2D eigenvalue weighted by molar-refractivity contribution is 0.0607. The van der Waals surface area contributed by atoms with Gasteiger partial charge in [-0.25, -0.2) is 9.79 Å². The van der Waals surface area contributed by atoms with Crippen LogP contribution in [0.25, 0.3) is 26.7 Å². The Morgan fingerprint density at radius 1 is 1.06 bits per heavy atom. The van der Waals surface area contributed by atoms with Gasteiger partial charge in [0.2, 0.25) is 0 Å². The topological polar surface area (TPSA) is 63.9 Å². The molecule has 6 nitrogen and oxygen atoms in total. The van der Waals surface area contributed by atoms with Crippen molar-refractivity contribution in [1.29, 1.82) is 0 Å². The Labute approximate surface area is 196 Å². The van der Waals surface area contributed by atoms with E-state index in [4.69, 9.17) is 9.73 Å². The lowest BCUT2D eigenvalue weighted by Crippen LogP contribution is -2.20. The van der Waals surface area contributed by atoms with Crippen LogP contribution in [0.5, 0.6) is 0 Å². The fraction of sp³-hybridized carbons (Fsp3) is 0.208. The third-order valence-corrected chi connectivity index (χ3v) is 6.39. The number of benzene rings is 2. The first-order chi connectivity index (χ1) is 15.1. The first kappa shape index (κ1) is 23.5. The zero-order chi connectivity index (χ0) is 22.0. The first-order valence-corrected chi connectivity index (χ1v) is 10.9. The Morgan fingerprint density at radius 2 is 1.69 bits per heavy atom. The maximum atomic E-state index is 13.5. The second-order valence-electron chi connectivity index (χ2n) is 6.94. The molecule has 0 amide bonds. The van der Waals surface area contributed by atoms with E-state index in [0.717, 1.165) is 29.5 Å². The smallest absolute Gasteiger partial charge is 0.350 e. The van der Waals surface area contributed by atoms with Crippen molar-refractivity contribution in [2.45, 2.75) is 13.8 Å². The van der Waals surface area contributed by atoms with Crippen molar-refractivity contribution in [3.63, 3.8) is 0 Å². The minimum absolute atomic E-state index is 0. The third kappa shape index (κ3) is 4.01. The minimum atomic E-state index is -0.468. The Morgan fingerprint density at radius 3 is 2.31 bits per heavy atom. The summed E-state index contributed by atoms with van der Waals surface area (Å²) in [6.45, 7) is 5.69. The number of methoxy groups -OCH3 is 1. The van der Waals surface area contributed by atoms with Gasteiger partial charge in [0, 0.05) is 23.9 Å². The standard InChI is InChI=1S/C24H23N3O3S.ClH/c1-4-26(5-2)15-25-20-19-17-13-9-10-14-18(17)22(28)27(16-11-7-6-8-12-16)23(19)31-21(20)24(29)30-3;/h6-15H,4-5H2,1-3H3;1H. The van der Waals surface area contributed by atoms with Gasteiger partial charge in [-0.3, -0.25) is 9.36 Å². The molecule has 0 aliphatic rings. The van der Waals surface area contributed by atoms with Crippen molar-refractivity contribution in [2.24, 2.45) is 4.99 Å². The second-order valence-corrected chi connectivity index (χ2v) is 7.94. The number of nitrogens with zero attached hydrogens (tertiary/aromatic N) is 3. The molecule has 8 heteroatoms. The third-order valence-electron chi connectivity index (χ3n) is 5.25. The van der Waals surface area contributed by atoms with Crippen LogP contribution in [0.1, 0.15) is 23.5 Å². The van der Waals surface area contributed by atoms with Gasteiger partial charge in [-0.05, 0) is 37.4 Å². The number of fused-ring (bicyclic) bond motifs is 3. The van der Waals surface area contributed by atoms with Gasteiger partial charge >= 0.3 is 5.97 Å². The summed E-state index contributed by atoms with van der Waals surface area (Å²) < 4.78 is 6.71. The molecule has 0 N–H and O–H groups in total. The highest BCUT2D eigenvalue weighted by Gasteiger charge is 2.24. The van der Waals surface area contributed by atoms with Gasteiger partial charge in [-0.15, -0.1) is 23.7 Å². The van der Waals surface area contributed by atoms with Crippen molar-refractivity contribution in [1.82, 2.24) is 9.47 Å². The molecule has 2 aromatic carbocycles. The van der Waals surface area contributed by atoms with E-state index in [1.165, 1.54) is 18.4 Å². The van der Waals surface area contributed by atoms with Gasteiger partial charge in [0.25, 0.3) is 5.56 Å². The van der Waals surface area contributed by atoms with Crippen LogP contribution in [0, 0.1) is 0 Å². The van der Waals surface area contributed by atoms with Crippen molar-refractivity contribution >= 4 is 62.7 Å². The van der Waals surface area contributed by atoms with Crippen molar-refractivity contribution < 1.29 is 9.53 Å². The first-order valence-electron chi connectivity index (χ1n) is 10.1. The quantitative estimate of drug-likeness (QED) is 0.215. The molecule has 0 atom stereocenters. The molecule has 0 unspecified atom stereocenters. The summed E-state index contributed by atoms with van der Waals surface area (Å²) in [5.74, 6) is -0.468. The number of halogens is 1.